The van der Waals surface area contributed by atoms with Crippen LogP contribution in [0.5, 0.6) is 5.75 Å². The van der Waals surface area contributed by atoms with E-state index >= 15 is 0 Å². The topological polar surface area (TPSA) is 104 Å². The van der Waals surface area contributed by atoms with Crippen molar-refractivity contribution >= 4 is 17.7 Å². The Morgan fingerprint density at radius 1 is 1.25 bits per heavy atom. The molecule has 7 heteroatoms. The first-order valence-corrected chi connectivity index (χ1v) is 7.47. The van der Waals surface area contributed by atoms with Gasteiger partial charge in [0.2, 0.25) is 0 Å². The molecule has 0 aliphatic carbocycles. The van der Waals surface area contributed by atoms with Crippen molar-refractivity contribution in [2.75, 3.05) is 13.7 Å². The molecule has 128 valence electrons. The van der Waals surface area contributed by atoms with E-state index in [0.29, 0.717) is 11.3 Å². The number of methoxy groups -OCH3 is 1. The van der Waals surface area contributed by atoms with Crippen LogP contribution >= 0.6 is 0 Å². The zero-order chi connectivity index (χ0) is 17.9. The van der Waals surface area contributed by atoms with Gasteiger partial charge in [0.25, 0.3) is 5.91 Å². The summed E-state index contributed by atoms with van der Waals surface area (Å²) in [6.45, 7) is 1.42. The number of amides is 1. The molecule has 1 aliphatic rings. The Bertz CT molecular complexity index is 692. The monoisotopic (exact) mass is 333 g/mol. The molecule has 0 radical (unpaired) electrons. The average Bonchev–Trinajstić information content (AvgIpc) is 2.79. The normalized spacial score (nSPS) is 17.3. The van der Waals surface area contributed by atoms with E-state index < -0.39 is 29.5 Å². The lowest BCUT2D eigenvalue weighted by molar-refractivity contribution is -0.138. The molecule has 7 nitrogen and oxygen atoms in total. The molecular formula is C17H19NO6. The van der Waals surface area contributed by atoms with Crippen molar-refractivity contribution in [3.63, 3.8) is 0 Å². The van der Waals surface area contributed by atoms with Crippen LogP contribution < -0.4 is 4.74 Å². The van der Waals surface area contributed by atoms with E-state index in [1.54, 1.807) is 24.3 Å². The smallest absolute Gasteiger partial charge is 0.303 e. The van der Waals surface area contributed by atoms with E-state index in [0.717, 1.165) is 0 Å². The van der Waals surface area contributed by atoms with E-state index in [9.17, 15) is 19.5 Å². The van der Waals surface area contributed by atoms with Crippen LogP contribution in [0.4, 0.5) is 0 Å². The van der Waals surface area contributed by atoms with Gasteiger partial charge in [-0.05, 0) is 31.0 Å². The molecule has 0 aromatic heterocycles. The third kappa shape index (κ3) is 3.40. The van der Waals surface area contributed by atoms with E-state index in [-0.39, 0.29) is 25.0 Å². The first-order valence-electron chi connectivity index (χ1n) is 7.47. The van der Waals surface area contributed by atoms with Crippen molar-refractivity contribution < 1.29 is 29.3 Å². The molecule has 1 aromatic carbocycles. The number of carboxylic acid groups (broad SMARTS) is 1. The molecule has 0 bridgehead atoms. The fourth-order valence-corrected chi connectivity index (χ4v) is 2.78. The second-order valence-electron chi connectivity index (χ2n) is 5.49. The Kier molecular flexibility index (Phi) is 5.23. The molecule has 0 saturated heterocycles. The predicted octanol–water partition coefficient (Wildman–Crippen LogP) is 1.84. The summed E-state index contributed by atoms with van der Waals surface area (Å²) in [7, 11) is 1.53. The summed E-state index contributed by atoms with van der Waals surface area (Å²) in [5.41, 5.74) is 0.675. The predicted molar refractivity (Wildman–Crippen MR) is 84.7 cm³/mol. The molecule has 0 fully saturated rings. The van der Waals surface area contributed by atoms with Crippen molar-refractivity contribution in [2.45, 2.75) is 25.8 Å². The summed E-state index contributed by atoms with van der Waals surface area (Å²) in [5, 5.41) is 18.8. The molecule has 1 heterocycles. The number of aliphatic hydroxyl groups excluding tert-OH is 1. The van der Waals surface area contributed by atoms with Crippen LogP contribution in [-0.2, 0) is 14.4 Å². The quantitative estimate of drug-likeness (QED) is 0.789. The second-order valence-corrected chi connectivity index (χ2v) is 5.49. The lowest BCUT2D eigenvalue weighted by atomic mass is 9.96. The minimum atomic E-state index is -0.966. The number of aliphatic carboxylic acids is 1. The number of hydrogen-bond donors (Lipinski definition) is 2. The number of hydrogen-bond acceptors (Lipinski definition) is 5. The van der Waals surface area contributed by atoms with Gasteiger partial charge in [-0.2, -0.15) is 0 Å². The van der Waals surface area contributed by atoms with Crippen LogP contribution in [0.15, 0.2) is 35.6 Å². The molecule has 2 N–H and O–H groups in total. The number of carbonyl (C=O) groups is 3. The highest BCUT2D eigenvalue weighted by molar-refractivity contribution is 6.08. The highest BCUT2D eigenvalue weighted by Crippen LogP contribution is 2.38. The fraction of sp³-hybridized carbons (Fsp3) is 0.353. The van der Waals surface area contributed by atoms with Crippen LogP contribution in [-0.4, -0.2) is 46.4 Å². The van der Waals surface area contributed by atoms with Crippen molar-refractivity contribution in [3.05, 3.63) is 41.2 Å². The number of Topliss-reactive ketones (excluding diaryl/α,β-unsaturated/α-hetero) is 1. The van der Waals surface area contributed by atoms with Gasteiger partial charge in [-0.25, -0.2) is 0 Å². The lowest BCUT2D eigenvalue weighted by Crippen LogP contribution is -2.32. The third-order valence-corrected chi connectivity index (χ3v) is 3.90. The maximum Gasteiger partial charge on any atom is 0.303 e. The van der Waals surface area contributed by atoms with Gasteiger partial charge >= 0.3 is 5.97 Å². The molecular weight excluding hydrogens is 314 g/mol. The number of ketones is 1. The Morgan fingerprint density at radius 3 is 2.38 bits per heavy atom. The maximum atomic E-state index is 12.3. The molecule has 1 amide bonds. The number of carboxylic acids is 1. The molecule has 1 atom stereocenters. The van der Waals surface area contributed by atoms with E-state index in [1.165, 1.54) is 18.9 Å². The highest BCUT2D eigenvalue weighted by atomic mass is 16.5. The SMILES string of the molecule is COc1ccc(C2C(C(C)=O)=C(O)C(=O)N2CCCC(=O)O)cc1. The maximum absolute atomic E-state index is 12.3. The molecule has 0 saturated carbocycles. The minimum Gasteiger partial charge on any atom is -0.503 e. The Balaban J connectivity index is 2.36. The van der Waals surface area contributed by atoms with Gasteiger partial charge < -0.3 is 19.8 Å². The van der Waals surface area contributed by atoms with Gasteiger partial charge in [0, 0.05) is 13.0 Å². The van der Waals surface area contributed by atoms with Crippen LogP contribution in [0.1, 0.15) is 31.4 Å². The number of benzene rings is 1. The number of carbonyl (C=O) groups excluding carboxylic acids is 2. The van der Waals surface area contributed by atoms with E-state index in [1.807, 2.05) is 0 Å². The summed E-state index contributed by atoms with van der Waals surface area (Å²) < 4.78 is 5.09. The van der Waals surface area contributed by atoms with E-state index in [2.05, 4.69) is 0 Å². The third-order valence-electron chi connectivity index (χ3n) is 3.90. The molecule has 1 aromatic rings. The number of ether oxygens (including phenoxy) is 1. The zero-order valence-corrected chi connectivity index (χ0v) is 13.5. The number of rotatable bonds is 7. The molecule has 1 unspecified atom stereocenters. The number of nitrogens with zero attached hydrogens (tertiary/aromatic N) is 1. The summed E-state index contributed by atoms with van der Waals surface area (Å²) in [5.74, 6) is -1.97. The summed E-state index contributed by atoms with van der Waals surface area (Å²) in [6.07, 6.45) is 0.126. The van der Waals surface area contributed by atoms with Crippen LogP contribution in [0.25, 0.3) is 0 Å². The average molecular weight is 333 g/mol. The molecule has 24 heavy (non-hydrogen) atoms. The van der Waals surface area contributed by atoms with Gasteiger partial charge in [0.15, 0.2) is 11.5 Å². The van der Waals surface area contributed by atoms with Gasteiger partial charge in [0.05, 0.1) is 18.7 Å². The first-order chi connectivity index (χ1) is 11.4. The first kappa shape index (κ1) is 17.5. The zero-order valence-electron chi connectivity index (χ0n) is 13.5. The highest BCUT2D eigenvalue weighted by Gasteiger charge is 2.41. The van der Waals surface area contributed by atoms with Gasteiger partial charge in [-0.3, -0.25) is 14.4 Å². The van der Waals surface area contributed by atoms with Crippen molar-refractivity contribution in [2.24, 2.45) is 0 Å². The van der Waals surface area contributed by atoms with Gasteiger partial charge in [-0.15, -0.1) is 0 Å². The molecule has 2 rings (SSSR count). The van der Waals surface area contributed by atoms with Crippen LogP contribution in [0, 0.1) is 0 Å². The Labute approximate surface area is 139 Å². The summed E-state index contributed by atoms with van der Waals surface area (Å²) in [4.78, 5) is 36.2. The Morgan fingerprint density at radius 2 is 1.88 bits per heavy atom. The van der Waals surface area contributed by atoms with Crippen molar-refractivity contribution in [3.8, 4) is 5.75 Å². The van der Waals surface area contributed by atoms with Gasteiger partial charge in [0.1, 0.15) is 5.75 Å². The second kappa shape index (κ2) is 7.16. The van der Waals surface area contributed by atoms with E-state index in [4.69, 9.17) is 9.84 Å². The summed E-state index contributed by atoms with van der Waals surface area (Å²) in [6, 6.07) is 6.09. The van der Waals surface area contributed by atoms with Gasteiger partial charge in [-0.1, -0.05) is 12.1 Å². The molecule has 1 aliphatic heterocycles. The van der Waals surface area contributed by atoms with Crippen LogP contribution in [0.2, 0.25) is 0 Å². The van der Waals surface area contributed by atoms with Crippen LogP contribution in [0.3, 0.4) is 0 Å². The fourth-order valence-electron chi connectivity index (χ4n) is 2.78. The largest absolute Gasteiger partial charge is 0.503 e. The Hall–Kier alpha value is -2.83. The minimum absolute atomic E-state index is 0.0282. The summed E-state index contributed by atoms with van der Waals surface area (Å²) >= 11 is 0. The van der Waals surface area contributed by atoms with Crippen molar-refractivity contribution in [1.29, 1.82) is 0 Å². The lowest BCUT2D eigenvalue weighted by Gasteiger charge is -2.26. The standard InChI is InChI=1S/C17H19NO6/c1-10(19)14-15(11-5-7-12(24-2)8-6-11)18(17(23)16(14)22)9-3-4-13(20)21/h5-8,15,22H,3-4,9H2,1-2H3,(H,20,21). The van der Waals surface area contributed by atoms with Crippen molar-refractivity contribution in [1.82, 2.24) is 4.90 Å². The molecule has 0 spiro atoms. The number of aliphatic hydroxyl groups is 1.